The molecule has 326 valence electrons. The Morgan fingerprint density at radius 3 is 1.95 bits per heavy atom. The quantitative estimate of drug-likeness (QED) is 0.0483. The summed E-state index contributed by atoms with van der Waals surface area (Å²) in [6.45, 7) is 7.00. The first kappa shape index (κ1) is 45.9. The summed E-state index contributed by atoms with van der Waals surface area (Å²) in [4.78, 5) is 30.4. The second kappa shape index (κ2) is 20.5. The predicted octanol–water partition coefficient (Wildman–Crippen LogP) is 8.72. The van der Waals surface area contributed by atoms with Crippen LogP contribution in [0.3, 0.4) is 0 Å². The molecule has 13 nitrogen and oxygen atoms in total. The number of benzene rings is 4. The zero-order valence-corrected chi connectivity index (χ0v) is 36.2. The molecule has 1 unspecified atom stereocenters. The third-order valence-electron chi connectivity index (χ3n) is 10.2. The van der Waals surface area contributed by atoms with Gasteiger partial charge in [0.1, 0.15) is 29.0 Å². The predicted molar refractivity (Wildman–Crippen MR) is 230 cm³/mol. The van der Waals surface area contributed by atoms with Gasteiger partial charge < -0.3 is 33.3 Å². The first-order valence-electron chi connectivity index (χ1n) is 20.1. The van der Waals surface area contributed by atoms with Gasteiger partial charge in [-0.2, -0.15) is 19.0 Å². The van der Waals surface area contributed by atoms with Crippen molar-refractivity contribution in [1.82, 2.24) is 14.2 Å². The summed E-state index contributed by atoms with van der Waals surface area (Å²) in [5.41, 5.74) is -0.239. The molecular formula is C46H50F2N5O8P. The van der Waals surface area contributed by atoms with Crippen LogP contribution in [0.25, 0.3) is 0 Å². The number of anilines is 1. The van der Waals surface area contributed by atoms with E-state index in [-0.39, 0.29) is 30.9 Å². The van der Waals surface area contributed by atoms with Crippen LogP contribution < -0.4 is 20.5 Å². The zero-order valence-electron chi connectivity index (χ0n) is 35.3. The van der Waals surface area contributed by atoms with Gasteiger partial charge in [0.05, 0.1) is 39.9 Å². The van der Waals surface area contributed by atoms with Crippen LogP contribution in [0.2, 0.25) is 0 Å². The van der Waals surface area contributed by atoms with E-state index in [0.29, 0.717) is 38.3 Å². The van der Waals surface area contributed by atoms with Gasteiger partial charge in [-0.05, 0) is 86.8 Å². The molecule has 1 saturated heterocycles. The number of hydrogen-bond acceptors (Lipinski definition) is 11. The van der Waals surface area contributed by atoms with Crippen LogP contribution in [0.15, 0.2) is 126 Å². The van der Waals surface area contributed by atoms with Gasteiger partial charge in [0, 0.05) is 23.8 Å². The molecule has 0 aliphatic carbocycles. The molecule has 2 heterocycles. The minimum atomic E-state index is -3.90. The van der Waals surface area contributed by atoms with E-state index in [1.807, 2.05) is 93.0 Å². The first-order valence-corrected chi connectivity index (χ1v) is 21.2. The molecule has 6 rings (SSSR count). The number of hydrogen-bond donors (Lipinski definition) is 1. The maximum Gasteiger partial charge on any atom is 0.351 e. The average molecular weight is 870 g/mol. The Morgan fingerprint density at radius 1 is 0.887 bits per heavy atom. The number of rotatable bonds is 19. The lowest BCUT2D eigenvalue weighted by Crippen LogP contribution is -2.45. The van der Waals surface area contributed by atoms with Crippen molar-refractivity contribution in [1.29, 1.82) is 5.26 Å². The summed E-state index contributed by atoms with van der Waals surface area (Å²) in [5, 5.41) is 11.9. The average Bonchev–Trinajstić information content (AvgIpc) is 3.52. The summed E-state index contributed by atoms with van der Waals surface area (Å²) in [7, 11) is 0.877. The number of alkyl halides is 2. The number of nitriles is 1. The standard InChI is InChI=1S/C46H50F2N5O8P/c1-31(2)53(32(3)4)62(59-29-13-27-49)61-41-39(60-43(46(41,47)48)52-28-26-40(51-44(52)55)50-42(54)33-14-9-7-10-15-33)30-58-45(34-16-11-8-12-17-34,35-18-22-37(56-5)23-19-35)36-20-24-38(57-6)25-21-36/h7-12,14-26,28,31-32,39,41,43H,13,29-30H2,1-6H3,(H,50,51,54,55)/t39-,41-,43-,62?/m1/s1. The van der Waals surface area contributed by atoms with Crippen molar-refractivity contribution in [3.8, 4) is 17.6 Å². The van der Waals surface area contributed by atoms with Crippen LogP contribution in [-0.2, 0) is 24.1 Å². The van der Waals surface area contributed by atoms with Gasteiger partial charge in [-0.25, -0.2) is 9.46 Å². The lowest BCUT2D eigenvalue weighted by atomic mass is 9.80. The van der Waals surface area contributed by atoms with Crippen LogP contribution in [-0.4, -0.2) is 77.8 Å². The van der Waals surface area contributed by atoms with Crippen LogP contribution in [0, 0.1) is 11.3 Å². The van der Waals surface area contributed by atoms with E-state index in [1.165, 1.54) is 6.07 Å². The zero-order chi connectivity index (χ0) is 44.4. The number of halogens is 2. The summed E-state index contributed by atoms with van der Waals surface area (Å²) >= 11 is 0. The molecule has 1 aromatic heterocycles. The minimum Gasteiger partial charge on any atom is -0.497 e. The van der Waals surface area contributed by atoms with Crippen molar-refractivity contribution >= 4 is 20.3 Å². The van der Waals surface area contributed by atoms with E-state index in [0.717, 1.165) is 6.20 Å². The molecule has 0 radical (unpaired) electrons. The van der Waals surface area contributed by atoms with E-state index >= 15 is 8.78 Å². The van der Waals surface area contributed by atoms with Crippen molar-refractivity contribution < 1.29 is 41.6 Å². The number of nitrogens with zero attached hydrogens (tertiary/aromatic N) is 4. The van der Waals surface area contributed by atoms with E-state index in [4.69, 9.17) is 28.0 Å². The Morgan fingerprint density at radius 2 is 1.44 bits per heavy atom. The van der Waals surface area contributed by atoms with Gasteiger partial charge in [0.25, 0.3) is 14.4 Å². The van der Waals surface area contributed by atoms with Gasteiger partial charge in [-0.3, -0.25) is 9.36 Å². The van der Waals surface area contributed by atoms with Crippen molar-refractivity contribution in [2.75, 3.05) is 32.8 Å². The molecule has 0 saturated carbocycles. The highest BCUT2D eigenvalue weighted by Crippen LogP contribution is 2.54. The van der Waals surface area contributed by atoms with Crippen molar-refractivity contribution in [3.63, 3.8) is 0 Å². The Balaban J connectivity index is 1.44. The summed E-state index contributed by atoms with van der Waals surface area (Å²) in [6.07, 6.45) is -4.71. The Bertz CT molecular complexity index is 2280. The number of ether oxygens (including phenoxy) is 4. The fourth-order valence-electron chi connectivity index (χ4n) is 7.34. The lowest BCUT2D eigenvalue weighted by Gasteiger charge is -2.39. The molecule has 16 heteroatoms. The Kier molecular flexibility index (Phi) is 15.2. The van der Waals surface area contributed by atoms with E-state index in [9.17, 15) is 14.9 Å². The molecule has 1 fully saturated rings. The van der Waals surface area contributed by atoms with Gasteiger partial charge in [-0.1, -0.05) is 72.8 Å². The van der Waals surface area contributed by atoms with Crippen molar-refractivity contribution in [2.45, 2.75) is 76.2 Å². The molecule has 0 spiro atoms. The number of aromatic nitrogens is 2. The molecule has 5 aromatic rings. The SMILES string of the molecule is COc1ccc(C(OC[C@H]2O[C@@H](n3ccc(NC(=O)c4ccccc4)nc3=O)C(F)(F)[C@@H]2OP(OCCC#N)N(C(C)C)C(C)C)(c2ccccc2)c2ccc(OC)cc2)cc1. The molecular weight excluding hydrogens is 820 g/mol. The molecule has 1 aliphatic heterocycles. The molecule has 1 amide bonds. The maximum atomic E-state index is 17.4. The van der Waals surface area contributed by atoms with E-state index in [2.05, 4.69) is 10.3 Å². The number of carbonyl (C=O) groups excluding carboxylic acids is 1. The smallest absolute Gasteiger partial charge is 0.351 e. The molecule has 62 heavy (non-hydrogen) atoms. The second-order valence-electron chi connectivity index (χ2n) is 14.9. The second-order valence-corrected chi connectivity index (χ2v) is 16.3. The third-order valence-corrected chi connectivity index (χ3v) is 12.3. The highest BCUT2D eigenvalue weighted by Gasteiger charge is 2.63. The number of methoxy groups -OCH3 is 2. The van der Waals surface area contributed by atoms with Gasteiger partial charge in [0.2, 0.25) is 6.23 Å². The van der Waals surface area contributed by atoms with Crippen LogP contribution in [0.5, 0.6) is 11.5 Å². The van der Waals surface area contributed by atoms with E-state index in [1.54, 1.807) is 68.8 Å². The Hall–Kier alpha value is -5.59. The molecule has 1 aliphatic rings. The highest BCUT2D eigenvalue weighted by molar-refractivity contribution is 7.44. The monoisotopic (exact) mass is 869 g/mol. The maximum absolute atomic E-state index is 17.4. The normalized spacial score (nSPS) is 17.8. The molecule has 1 N–H and O–H groups in total. The fraction of sp³-hybridized carbons (Fsp3) is 0.348. The highest BCUT2D eigenvalue weighted by atomic mass is 31.2. The van der Waals surface area contributed by atoms with Gasteiger partial charge in [0.15, 0.2) is 6.10 Å². The van der Waals surface area contributed by atoms with E-state index < -0.39 is 56.7 Å². The minimum absolute atomic E-state index is 0.00348. The van der Waals surface area contributed by atoms with Crippen LogP contribution in [0.4, 0.5) is 14.6 Å². The van der Waals surface area contributed by atoms with Gasteiger partial charge in [-0.15, -0.1) is 0 Å². The topological polar surface area (TPSA) is 146 Å². The molecule has 0 bridgehead atoms. The Labute approximate surface area is 361 Å². The van der Waals surface area contributed by atoms with Crippen LogP contribution >= 0.6 is 8.53 Å². The van der Waals surface area contributed by atoms with Crippen LogP contribution in [0.1, 0.15) is 67.4 Å². The summed E-state index contributed by atoms with van der Waals surface area (Å²) < 4.78 is 74.0. The molecule has 4 aromatic carbocycles. The number of nitrogens with one attached hydrogen (secondary N) is 1. The number of amides is 1. The largest absolute Gasteiger partial charge is 0.497 e. The summed E-state index contributed by atoms with van der Waals surface area (Å²) in [5.74, 6) is -3.39. The first-order chi connectivity index (χ1) is 29.8. The van der Waals surface area contributed by atoms with Crippen molar-refractivity contribution in [3.05, 3.63) is 154 Å². The van der Waals surface area contributed by atoms with Crippen molar-refractivity contribution in [2.24, 2.45) is 0 Å². The fourth-order valence-corrected chi connectivity index (χ4v) is 9.12. The molecule has 4 atom stereocenters. The van der Waals surface area contributed by atoms with Gasteiger partial charge >= 0.3 is 11.6 Å². The third kappa shape index (κ3) is 10.0. The number of carbonyl (C=O) groups is 1. The summed E-state index contributed by atoms with van der Waals surface area (Å²) in [6, 6.07) is 34.9. The lowest BCUT2D eigenvalue weighted by molar-refractivity contribution is -0.138.